The van der Waals surface area contributed by atoms with Crippen molar-refractivity contribution in [2.24, 2.45) is 0 Å². The van der Waals surface area contributed by atoms with Gasteiger partial charge in [0.25, 0.3) is 12.0 Å². The maximum absolute atomic E-state index is 13.0. The number of nitrogens with one attached hydrogen (secondary N) is 1. The van der Waals surface area contributed by atoms with E-state index in [2.05, 4.69) is 10.1 Å². The summed E-state index contributed by atoms with van der Waals surface area (Å²) < 4.78 is 14.6. The molecule has 182 valence electrons. The van der Waals surface area contributed by atoms with Crippen molar-refractivity contribution >= 4 is 58.6 Å². The molecule has 0 spiro atoms. The number of β-lactam (4-membered cyclic amide) rings is 1. The minimum Gasteiger partial charge on any atom is -0.466 e. The summed E-state index contributed by atoms with van der Waals surface area (Å²) in [7, 11) is 1.03. The number of amides is 2. The van der Waals surface area contributed by atoms with Crippen LogP contribution in [-0.2, 0) is 49.4 Å². The predicted octanol–water partition coefficient (Wildman–Crippen LogP) is 0.182. The Balaban J connectivity index is 1.80. The zero-order valence-corrected chi connectivity index (χ0v) is 20.2. The van der Waals surface area contributed by atoms with Gasteiger partial charge in [0.15, 0.2) is 5.78 Å². The van der Waals surface area contributed by atoms with Crippen LogP contribution < -0.4 is 5.32 Å². The Bertz CT molecular complexity index is 1050. The number of thiophene rings is 1. The molecule has 0 aromatic carbocycles. The Hall–Kier alpha value is -3.19. The number of carbonyl (C=O) groups is 6. The van der Waals surface area contributed by atoms with E-state index in [1.807, 2.05) is 11.4 Å². The van der Waals surface area contributed by atoms with Crippen molar-refractivity contribution < 1.29 is 43.0 Å². The van der Waals surface area contributed by atoms with Crippen LogP contribution in [0.1, 0.15) is 18.7 Å². The molecule has 2 amide bonds. The summed E-state index contributed by atoms with van der Waals surface area (Å²) in [5.41, 5.74) is 0.0410. The van der Waals surface area contributed by atoms with Crippen LogP contribution in [0.2, 0.25) is 0 Å². The highest BCUT2D eigenvalue weighted by Gasteiger charge is 2.55. The number of nitrogens with zero attached hydrogens (tertiary/aromatic N) is 1. The normalized spacial score (nSPS) is 20.0. The van der Waals surface area contributed by atoms with Crippen LogP contribution >= 0.6 is 23.1 Å². The number of carbonyl (C=O) groups excluding carboxylic acids is 6. The first-order valence-electron chi connectivity index (χ1n) is 10.0. The van der Waals surface area contributed by atoms with Gasteiger partial charge >= 0.3 is 17.9 Å². The van der Waals surface area contributed by atoms with Gasteiger partial charge in [0.1, 0.15) is 23.7 Å². The lowest BCUT2D eigenvalue weighted by Crippen LogP contribution is -2.71. The minimum atomic E-state index is -1.81. The number of esters is 3. The Kier molecular flexibility index (Phi) is 8.10. The summed E-state index contributed by atoms with van der Waals surface area (Å²) in [4.78, 5) is 75.2. The van der Waals surface area contributed by atoms with Crippen molar-refractivity contribution in [3.05, 3.63) is 33.7 Å². The largest absolute Gasteiger partial charge is 0.466 e. The van der Waals surface area contributed by atoms with Crippen molar-refractivity contribution in [1.82, 2.24) is 10.2 Å². The molecule has 1 aromatic heterocycles. The second-order valence-electron chi connectivity index (χ2n) is 7.36. The van der Waals surface area contributed by atoms with Crippen LogP contribution in [0.5, 0.6) is 0 Å². The van der Waals surface area contributed by atoms with Crippen LogP contribution in [0.4, 0.5) is 0 Å². The lowest BCUT2D eigenvalue weighted by molar-refractivity contribution is -0.169. The summed E-state index contributed by atoms with van der Waals surface area (Å²) >= 11 is 2.68. The predicted molar refractivity (Wildman–Crippen MR) is 119 cm³/mol. The molecule has 2 aliphatic rings. The van der Waals surface area contributed by atoms with Crippen molar-refractivity contribution in [1.29, 1.82) is 0 Å². The number of hydrogen-bond acceptors (Lipinski definition) is 11. The highest BCUT2D eigenvalue weighted by molar-refractivity contribution is 8.00. The molecule has 34 heavy (non-hydrogen) atoms. The molecular weight excluding hydrogens is 488 g/mol. The Morgan fingerprint density at radius 1 is 1.24 bits per heavy atom. The van der Waals surface area contributed by atoms with E-state index < -0.39 is 47.1 Å². The molecule has 3 heterocycles. The summed E-state index contributed by atoms with van der Waals surface area (Å²) in [6.07, 6.45) is -1.70. The van der Waals surface area contributed by atoms with E-state index in [0.29, 0.717) is 0 Å². The van der Waals surface area contributed by atoms with Crippen molar-refractivity contribution in [2.75, 3.05) is 19.5 Å². The van der Waals surface area contributed by atoms with Crippen molar-refractivity contribution in [2.45, 2.75) is 37.8 Å². The molecule has 3 atom stereocenters. The van der Waals surface area contributed by atoms with E-state index in [4.69, 9.17) is 9.47 Å². The standard InChI is InChI=1S/C21H22N2O9S2/c1-10(24)17(21(29)30-3)32-20(28)16-12(8-31-11(2)25)9-34-19-15(18(27)23(16)19)22-14(26)7-13-5-4-6-33-13/h4-6,15,17,19H,7-9H2,1-3H3,(H,22,26)/t15-,17?,19-/m1/s1. The lowest BCUT2D eigenvalue weighted by atomic mass is 10.0. The Labute approximate surface area is 202 Å². The Morgan fingerprint density at radius 2 is 1.97 bits per heavy atom. The van der Waals surface area contributed by atoms with Crippen LogP contribution in [0, 0.1) is 0 Å². The molecule has 1 fully saturated rings. The molecule has 0 saturated carbocycles. The molecule has 0 aliphatic carbocycles. The number of thioether (sulfide) groups is 1. The topological polar surface area (TPSA) is 145 Å². The summed E-state index contributed by atoms with van der Waals surface area (Å²) in [6, 6.07) is 2.75. The number of rotatable bonds is 9. The molecule has 2 aliphatic heterocycles. The molecule has 1 saturated heterocycles. The molecule has 11 nitrogen and oxygen atoms in total. The monoisotopic (exact) mass is 510 g/mol. The lowest BCUT2D eigenvalue weighted by Gasteiger charge is -2.49. The third-order valence-electron chi connectivity index (χ3n) is 4.93. The second kappa shape index (κ2) is 10.8. The SMILES string of the molecule is COC(=O)C(OC(=O)C1=C(COC(C)=O)CS[C@@H]2[C@H](NC(=O)Cc3cccs3)C(=O)N12)C(C)=O. The molecular formula is C21H22N2O9S2. The Morgan fingerprint density at radius 3 is 2.56 bits per heavy atom. The minimum absolute atomic E-state index is 0.112. The highest BCUT2D eigenvalue weighted by Crippen LogP contribution is 2.41. The van der Waals surface area contributed by atoms with Gasteiger partial charge in [-0.1, -0.05) is 6.07 Å². The van der Waals surface area contributed by atoms with Crippen LogP contribution in [-0.4, -0.2) is 77.4 Å². The first-order chi connectivity index (χ1) is 16.1. The zero-order chi connectivity index (χ0) is 25.0. The third kappa shape index (κ3) is 5.47. The number of fused-ring (bicyclic) bond motifs is 1. The van der Waals surface area contributed by atoms with E-state index in [1.54, 1.807) is 6.07 Å². The number of hydrogen-bond donors (Lipinski definition) is 1. The van der Waals surface area contributed by atoms with Crippen LogP contribution in [0.15, 0.2) is 28.8 Å². The first kappa shape index (κ1) is 25.4. The van der Waals surface area contributed by atoms with Crippen molar-refractivity contribution in [3.8, 4) is 0 Å². The van der Waals surface area contributed by atoms with Gasteiger partial charge in [0.2, 0.25) is 5.91 Å². The number of ketones is 1. The van der Waals surface area contributed by atoms with Gasteiger partial charge in [-0.15, -0.1) is 23.1 Å². The van der Waals surface area contributed by atoms with Gasteiger partial charge in [0, 0.05) is 23.1 Å². The van der Waals surface area contributed by atoms with Gasteiger partial charge in [-0.25, -0.2) is 9.59 Å². The van der Waals surface area contributed by atoms with E-state index >= 15 is 0 Å². The molecule has 1 N–H and O–H groups in total. The zero-order valence-electron chi connectivity index (χ0n) is 18.5. The maximum Gasteiger partial charge on any atom is 0.356 e. The first-order valence-corrected chi connectivity index (χ1v) is 12.0. The fraction of sp³-hybridized carbons (Fsp3) is 0.429. The summed E-state index contributed by atoms with van der Waals surface area (Å²) in [6.45, 7) is 1.95. The maximum atomic E-state index is 13.0. The third-order valence-corrected chi connectivity index (χ3v) is 7.15. The number of methoxy groups -OCH3 is 1. The van der Waals surface area contributed by atoms with E-state index in [1.165, 1.54) is 30.0 Å². The van der Waals surface area contributed by atoms with Gasteiger partial charge in [-0.2, -0.15) is 0 Å². The molecule has 1 unspecified atom stereocenters. The van der Waals surface area contributed by atoms with Gasteiger partial charge in [-0.3, -0.25) is 24.1 Å². The highest BCUT2D eigenvalue weighted by atomic mass is 32.2. The second-order valence-corrected chi connectivity index (χ2v) is 9.50. The van der Waals surface area contributed by atoms with Gasteiger partial charge in [0.05, 0.1) is 13.5 Å². The molecule has 1 aromatic rings. The molecule has 13 heteroatoms. The average Bonchev–Trinajstić information content (AvgIpc) is 3.30. The summed E-state index contributed by atoms with van der Waals surface area (Å²) in [5.74, 6) is -4.28. The van der Waals surface area contributed by atoms with Gasteiger partial charge < -0.3 is 19.5 Å². The summed E-state index contributed by atoms with van der Waals surface area (Å²) in [5, 5.41) is 3.91. The van der Waals surface area contributed by atoms with Crippen LogP contribution in [0.3, 0.4) is 0 Å². The fourth-order valence-electron chi connectivity index (χ4n) is 3.33. The number of ether oxygens (including phenoxy) is 3. The van der Waals surface area contributed by atoms with E-state index in [9.17, 15) is 28.8 Å². The van der Waals surface area contributed by atoms with Gasteiger partial charge in [-0.05, 0) is 18.4 Å². The molecule has 3 rings (SSSR count). The molecule has 0 radical (unpaired) electrons. The van der Waals surface area contributed by atoms with E-state index in [-0.39, 0.29) is 36.0 Å². The average molecular weight is 511 g/mol. The number of Topliss-reactive ketones (excluding diaryl/α,β-unsaturated/α-hetero) is 1. The fourth-order valence-corrected chi connectivity index (χ4v) is 5.37. The van der Waals surface area contributed by atoms with Crippen molar-refractivity contribution in [3.63, 3.8) is 0 Å². The quantitative estimate of drug-likeness (QED) is 0.211. The van der Waals surface area contributed by atoms with E-state index in [0.717, 1.165) is 23.8 Å². The smallest absolute Gasteiger partial charge is 0.356 e. The van der Waals surface area contributed by atoms with Crippen LogP contribution in [0.25, 0.3) is 0 Å². The molecule has 0 bridgehead atoms.